The zero-order valence-electron chi connectivity index (χ0n) is 15.2. The third-order valence-electron chi connectivity index (χ3n) is 4.30. The fraction of sp³-hybridized carbons (Fsp3) is 0.722. The molecule has 0 aliphatic heterocycles. The minimum Gasteiger partial charge on any atom is -0.357 e. The van der Waals surface area contributed by atoms with Gasteiger partial charge in [0.05, 0.1) is 6.54 Å². The van der Waals surface area contributed by atoms with E-state index >= 15 is 0 Å². The molecule has 0 bridgehead atoms. The van der Waals surface area contributed by atoms with Crippen molar-refractivity contribution in [3.8, 4) is 0 Å². The molecule has 1 heterocycles. The van der Waals surface area contributed by atoms with E-state index in [1.807, 2.05) is 11.3 Å². The van der Waals surface area contributed by atoms with Crippen molar-refractivity contribution in [2.24, 2.45) is 10.9 Å². The van der Waals surface area contributed by atoms with Gasteiger partial charge >= 0.3 is 0 Å². The summed E-state index contributed by atoms with van der Waals surface area (Å²) in [6.45, 7) is 8.28. The van der Waals surface area contributed by atoms with Gasteiger partial charge < -0.3 is 15.5 Å². The predicted molar refractivity (Wildman–Crippen MR) is 102 cm³/mol. The minimum atomic E-state index is 0.379. The minimum absolute atomic E-state index is 0.379. The van der Waals surface area contributed by atoms with Gasteiger partial charge in [0.15, 0.2) is 5.96 Å². The van der Waals surface area contributed by atoms with E-state index in [0.29, 0.717) is 12.1 Å². The van der Waals surface area contributed by atoms with Crippen LogP contribution < -0.4 is 10.6 Å². The van der Waals surface area contributed by atoms with Crippen LogP contribution >= 0.6 is 11.3 Å². The molecule has 5 heteroatoms. The van der Waals surface area contributed by atoms with Crippen molar-refractivity contribution in [1.29, 1.82) is 0 Å². The standard InChI is InChI=1S/C18H32N4S/c1-6-19-18(20-12-17(22(4)5)15-8-9-15)21-13(2)11-16-10-7-14(3)23-16/h7,10,13,15,17H,6,8-9,11-12H2,1-5H3,(H2,19,20,21). The molecule has 1 aromatic heterocycles. The molecular formula is C18H32N4S. The highest BCUT2D eigenvalue weighted by atomic mass is 32.1. The maximum Gasteiger partial charge on any atom is 0.191 e. The summed E-state index contributed by atoms with van der Waals surface area (Å²) in [6.07, 6.45) is 3.76. The van der Waals surface area contributed by atoms with E-state index in [9.17, 15) is 0 Å². The molecule has 2 N–H and O–H groups in total. The Labute approximate surface area is 145 Å². The molecular weight excluding hydrogens is 304 g/mol. The number of likely N-dealkylation sites (N-methyl/N-ethyl adjacent to an activating group) is 1. The van der Waals surface area contributed by atoms with Crippen LogP contribution in [0.1, 0.15) is 36.4 Å². The van der Waals surface area contributed by atoms with Crippen LogP contribution in [0, 0.1) is 12.8 Å². The number of thiophene rings is 1. The summed E-state index contributed by atoms with van der Waals surface area (Å²) in [5.41, 5.74) is 0. The predicted octanol–water partition coefficient (Wildman–Crippen LogP) is 2.88. The van der Waals surface area contributed by atoms with Gasteiger partial charge in [-0.1, -0.05) is 0 Å². The first kappa shape index (κ1) is 18.3. The maximum atomic E-state index is 4.84. The Morgan fingerprint density at radius 1 is 1.39 bits per heavy atom. The molecule has 23 heavy (non-hydrogen) atoms. The number of aliphatic imine (C=N–C) groups is 1. The van der Waals surface area contributed by atoms with E-state index in [2.05, 4.69) is 62.5 Å². The fourth-order valence-electron chi connectivity index (χ4n) is 2.90. The van der Waals surface area contributed by atoms with Crippen LogP contribution in [0.4, 0.5) is 0 Å². The van der Waals surface area contributed by atoms with Crippen LogP contribution in [0.5, 0.6) is 0 Å². The lowest BCUT2D eigenvalue weighted by molar-refractivity contribution is 0.271. The molecule has 2 unspecified atom stereocenters. The van der Waals surface area contributed by atoms with Crippen molar-refractivity contribution in [3.05, 3.63) is 21.9 Å². The van der Waals surface area contributed by atoms with Gasteiger partial charge in [0.1, 0.15) is 0 Å². The van der Waals surface area contributed by atoms with Crippen LogP contribution in [0.25, 0.3) is 0 Å². The van der Waals surface area contributed by atoms with E-state index < -0.39 is 0 Å². The Morgan fingerprint density at radius 3 is 2.65 bits per heavy atom. The first-order valence-corrected chi connectivity index (χ1v) is 9.57. The Kier molecular flexibility index (Phi) is 6.90. The van der Waals surface area contributed by atoms with Crippen molar-refractivity contribution < 1.29 is 0 Å². The van der Waals surface area contributed by atoms with Gasteiger partial charge in [-0.3, -0.25) is 4.99 Å². The van der Waals surface area contributed by atoms with Crippen LogP contribution in [0.2, 0.25) is 0 Å². The van der Waals surface area contributed by atoms with Crippen LogP contribution in [0.15, 0.2) is 17.1 Å². The van der Waals surface area contributed by atoms with E-state index in [-0.39, 0.29) is 0 Å². The molecule has 130 valence electrons. The topological polar surface area (TPSA) is 39.7 Å². The van der Waals surface area contributed by atoms with E-state index in [1.165, 1.54) is 22.6 Å². The highest BCUT2D eigenvalue weighted by Gasteiger charge is 2.32. The van der Waals surface area contributed by atoms with Crippen molar-refractivity contribution in [1.82, 2.24) is 15.5 Å². The quantitative estimate of drug-likeness (QED) is 0.566. The Bertz CT molecular complexity index is 503. The first-order chi connectivity index (χ1) is 11.0. The average molecular weight is 337 g/mol. The maximum absolute atomic E-state index is 4.84. The van der Waals surface area contributed by atoms with E-state index in [0.717, 1.165) is 31.4 Å². The molecule has 1 fully saturated rings. The normalized spacial score (nSPS) is 18.1. The summed E-state index contributed by atoms with van der Waals surface area (Å²) in [7, 11) is 4.33. The van der Waals surface area contributed by atoms with Crippen molar-refractivity contribution in [2.45, 2.75) is 52.1 Å². The van der Waals surface area contributed by atoms with Gasteiger partial charge in [-0.25, -0.2) is 0 Å². The molecule has 0 spiro atoms. The molecule has 1 aromatic rings. The first-order valence-electron chi connectivity index (χ1n) is 8.76. The van der Waals surface area contributed by atoms with E-state index in [4.69, 9.17) is 4.99 Å². The monoisotopic (exact) mass is 336 g/mol. The van der Waals surface area contributed by atoms with Gasteiger partial charge in [0, 0.05) is 34.8 Å². The van der Waals surface area contributed by atoms with Gasteiger partial charge in [-0.15, -0.1) is 11.3 Å². The van der Waals surface area contributed by atoms with Crippen LogP contribution in [0.3, 0.4) is 0 Å². The molecule has 1 aliphatic rings. The molecule has 1 saturated carbocycles. The van der Waals surface area contributed by atoms with Crippen LogP contribution in [-0.4, -0.2) is 50.1 Å². The lowest BCUT2D eigenvalue weighted by Crippen LogP contribution is -2.44. The van der Waals surface area contributed by atoms with Crippen molar-refractivity contribution in [2.75, 3.05) is 27.2 Å². The molecule has 0 saturated heterocycles. The second-order valence-corrected chi connectivity index (χ2v) is 8.22. The third kappa shape index (κ3) is 6.15. The number of nitrogens with one attached hydrogen (secondary N) is 2. The second kappa shape index (κ2) is 8.69. The highest BCUT2D eigenvalue weighted by molar-refractivity contribution is 7.11. The van der Waals surface area contributed by atoms with Gasteiger partial charge in [-0.05, 0) is 65.8 Å². The molecule has 0 amide bonds. The molecule has 2 atom stereocenters. The third-order valence-corrected chi connectivity index (χ3v) is 5.32. The summed E-state index contributed by atoms with van der Waals surface area (Å²) >= 11 is 1.88. The average Bonchev–Trinajstić information content (AvgIpc) is 3.22. The molecule has 0 radical (unpaired) electrons. The van der Waals surface area contributed by atoms with Gasteiger partial charge in [0.2, 0.25) is 0 Å². The fourth-order valence-corrected chi connectivity index (χ4v) is 3.92. The second-order valence-electron chi connectivity index (χ2n) is 6.85. The Balaban J connectivity index is 1.89. The summed E-state index contributed by atoms with van der Waals surface area (Å²) in [5, 5.41) is 6.94. The molecule has 4 nitrogen and oxygen atoms in total. The van der Waals surface area contributed by atoms with Gasteiger partial charge in [-0.2, -0.15) is 0 Å². The number of rotatable bonds is 8. The molecule has 2 rings (SSSR count). The Hall–Kier alpha value is -1.07. The number of hydrogen-bond donors (Lipinski definition) is 2. The number of hydrogen-bond acceptors (Lipinski definition) is 3. The smallest absolute Gasteiger partial charge is 0.191 e. The lowest BCUT2D eigenvalue weighted by Gasteiger charge is -2.23. The number of nitrogens with zero attached hydrogens (tertiary/aromatic N) is 2. The zero-order valence-corrected chi connectivity index (χ0v) is 16.0. The highest BCUT2D eigenvalue weighted by Crippen LogP contribution is 2.34. The summed E-state index contributed by atoms with van der Waals surface area (Å²) in [6, 6.07) is 5.38. The summed E-state index contributed by atoms with van der Waals surface area (Å²) < 4.78 is 0. The van der Waals surface area contributed by atoms with Crippen molar-refractivity contribution in [3.63, 3.8) is 0 Å². The SMILES string of the molecule is CCNC(=NCC(C1CC1)N(C)C)NC(C)Cc1ccc(C)s1. The zero-order chi connectivity index (χ0) is 16.8. The van der Waals surface area contributed by atoms with E-state index in [1.54, 1.807) is 0 Å². The Morgan fingerprint density at radius 2 is 2.13 bits per heavy atom. The summed E-state index contributed by atoms with van der Waals surface area (Å²) in [4.78, 5) is 9.97. The largest absolute Gasteiger partial charge is 0.357 e. The van der Waals surface area contributed by atoms with Crippen LogP contribution in [-0.2, 0) is 6.42 Å². The number of guanidine groups is 1. The molecule has 0 aromatic carbocycles. The van der Waals surface area contributed by atoms with Gasteiger partial charge in [0.25, 0.3) is 0 Å². The lowest BCUT2D eigenvalue weighted by atomic mass is 10.2. The van der Waals surface area contributed by atoms with Crippen molar-refractivity contribution >= 4 is 17.3 Å². The number of aryl methyl sites for hydroxylation is 1. The summed E-state index contributed by atoms with van der Waals surface area (Å²) in [5.74, 6) is 1.78. The molecule has 1 aliphatic carbocycles.